The number of sulfonamides is 1. The van der Waals surface area contributed by atoms with Crippen molar-refractivity contribution in [2.24, 2.45) is 0 Å². The lowest BCUT2D eigenvalue weighted by molar-refractivity contribution is 0.600. The highest BCUT2D eigenvalue weighted by molar-refractivity contribution is 7.92. The van der Waals surface area contributed by atoms with Crippen LogP contribution in [0.2, 0.25) is 0 Å². The highest BCUT2D eigenvalue weighted by Gasteiger charge is 2.16. The Bertz CT molecular complexity index is 661. The molecule has 0 bridgehead atoms. The quantitative estimate of drug-likeness (QED) is 0.809. The van der Waals surface area contributed by atoms with Gasteiger partial charge in [0.2, 0.25) is 0 Å². The molecule has 0 fully saturated rings. The molecule has 6 nitrogen and oxygen atoms in total. The third kappa shape index (κ3) is 2.54. The molecule has 0 aliphatic carbocycles. The molecule has 0 saturated heterocycles. The number of anilines is 2. The number of hydrogen-bond acceptors (Lipinski definition) is 5. The molecule has 3 N–H and O–H groups in total. The number of nitrogens with two attached hydrogens (primary N) is 1. The van der Waals surface area contributed by atoms with E-state index in [1.807, 2.05) is 0 Å². The normalized spacial score (nSPS) is 11.2. The highest BCUT2D eigenvalue weighted by atomic mass is 32.2. The number of nitrogens with zero attached hydrogens (tertiary/aromatic N) is 2. The fraction of sp³-hybridized carbons (Fsp3) is 0. The van der Waals surface area contributed by atoms with Crippen molar-refractivity contribution in [1.82, 2.24) is 10.2 Å². The topological polar surface area (TPSA) is 98.0 Å². The molecule has 1 aromatic carbocycles. The first-order chi connectivity index (χ1) is 8.49. The first-order valence-corrected chi connectivity index (χ1v) is 6.33. The first kappa shape index (κ1) is 12.2. The van der Waals surface area contributed by atoms with Gasteiger partial charge in [-0.2, -0.15) is 5.10 Å². The molecule has 0 atom stereocenters. The van der Waals surface area contributed by atoms with E-state index >= 15 is 0 Å². The van der Waals surface area contributed by atoms with Gasteiger partial charge >= 0.3 is 0 Å². The van der Waals surface area contributed by atoms with Crippen LogP contribution in [-0.4, -0.2) is 18.6 Å². The standard InChI is InChI=1S/C10H9FN4O2S/c11-8-4-3-7(6-9(8)12)18(16,17)15-10-2-1-5-13-14-10/h1-6H,12H2,(H,14,15). The van der Waals surface area contributed by atoms with Gasteiger partial charge in [-0.1, -0.05) is 0 Å². The Morgan fingerprint density at radius 3 is 2.67 bits per heavy atom. The van der Waals surface area contributed by atoms with Gasteiger partial charge in [0.05, 0.1) is 10.6 Å². The predicted octanol–water partition coefficient (Wildman–Crippen LogP) is 0.999. The van der Waals surface area contributed by atoms with E-state index in [-0.39, 0.29) is 16.4 Å². The number of nitrogens with one attached hydrogen (secondary N) is 1. The summed E-state index contributed by atoms with van der Waals surface area (Å²) in [6.07, 6.45) is 1.41. The summed E-state index contributed by atoms with van der Waals surface area (Å²) in [5.74, 6) is -0.603. The molecule has 2 aromatic rings. The minimum atomic E-state index is -3.85. The van der Waals surface area contributed by atoms with Gasteiger partial charge in [0.15, 0.2) is 5.82 Å². The zero-order valence-electron chi connectivity index (χ0n) is 9.04. The van der Waals surface area contributed by atoms with Crippen LogP contribution in [0.3, 0.4) is 0 Å². The van der Waals surface area contributed by atoms with Gasteiger partial charge in [0.25, 0.3) is 10.0 Å². The van der Waals surface area contributed by atoms with Crippen molar-refractivity contribution in [3.8, 4) is 0 Å². The number of rotatable bonds is 3. The van der Waals surface area contributed by atoms with E-state index in [4.69, 9.17) is 5.73 Å². The van der Waals surface area contributed by atoms with E-state index in [9.17, 15) is 12.8 Å². The molecular formula is C10H9FN4O2S. The molecule has 18 heavy (non-hydrogen) atoms. The SMILES string of the molecule is Nc1cc(S(=O)(=O)Nc2cccnn2)ccc1F. The molecule has 1 aromatic heterocycles. The van der Waals surface area contributed by atoms with Crippen LogP contribution < -0.4 is 10.5 Å². The Morgan fingerprint density at radius 2 is 2.06 bits per heavy atom. The maximum Gasteiger partial charge on any atom is 0.263 e. The number of benzene rings is 1. The van der Waals surface area contributed by atoms with Crippen LogP contribution in [0.5, 0.6) is 0 Å². The second-order valence-electron chi connectivity index (χ2n) is 3.40. The number of nitrogen functional groups attached to an aromatic ring is 1. The molecule has 0 spiro atoms. The number of hydrogen-bond donors (Lipinski definition) is 2. The third-order valence-electron chi connectivity index (χ3n) is 2.09. The smallest absolute Gasteiger partial charge is 0.263 e. The Kier molecular flexibility index (Phi) is 3.11. The maximum absolute atomic E-state index is 13.0. The largest absolute Gasteiger partial charge is 0.396 e. The van der Waals surface area contributed by atoms with Crippen molar-refractivity contribution in [1.29, 1.82) is 0 Å². The molecule has 94 valence electrons. The van der Waals surface area contributed by atoms with E-state index in [2.05, 4.69) is 14.9 Å². The second-order valence-corrected chi connectivity index (χ2v) is 5.08. The van der Waals surface area contributed by atoms with Gasteiger partial charge in [-0.3, -0.25) is 4.72 Å². The van der Waals surface area contributed by atoms with Crippen molar-refractivity contribution >= 4 is 21.5 Å². The molecule has 0 amide bonds. The lowest BCUT2D eigenvalue weighted by atomic mass is 10.3. The molecule has 0 unspecified atom stereocenters. The summed E-state index contributed by atoms with van der Waals surface area (Å²) in [7, 11) is -3.85. The van der Waals surface area contributed by atoms with Crippen LogP contribution >= 0.6 is 0 Å². The molecule has 1 heterocycles. The van der Waals surface area contributed by atoms with E-state index in [1.165, 1.54) is 18.3 Å². The minimum Gasteiger partial charge on any atom is -0.396 e. The van der Waals surface area contributed by atoms with Gasteiger partial charge in [0.1, 0.15) is 5.82 Å². The van der Waals surface area contributed by atoms with E-state index in [0.717, 1.165) is 18.2 Å². The lowest BCUT2D eigenvalue weighted by Crippen LogP contribution is -2.14. The van der Waals surface area contributed by atoms with E-state index in [0.29, 0.717) is 0 Å². The van der Waals surface area contributed by atoms with Gasteiger partial charge in [-0.05, 0) is 30.3 Å². The predicted molar refractivity (Wildman–Crippen MR) is 63.7 cm³/mol. The molecular weight excluding hydrogens is 259 g/mol. The van der Waals surface area contributed by atoms with Crippen LogP contribution in [0, 0.1) is 5.82 Å². The van der Waals surface area contributed by atoms with E-state index in [1.54, 1.807) is 0 Å². The lowest BCUT2D eigenvalue weighted by Gasteiger charge is -2.07. The minimum absolute atomic E-state index is 0.0698. The second kappa shape index (κ2) is 4.57. The van der Waals surface area contributed by atoms with Gasteiger partial charge in [-0.15, -0.1) is 5.10 Å². The van der Waals surface area contributed by atoms with Gasteiger partial charge < -0.3 is 5.73 Å². The van der Waals surface area contributed by atoms with Crippen LogP contribution in [0.25, 0.3) is 0 Å². The first-order valence-electron chi connectivity index (χ1n) is 4.84. The Balaban J connectivity index is 2.34. The fourth-order valence-corrected chi connectivity index (χ4v) is 2.27. The van der Waals surface area contributed by atoms with Gasteiger partial charge in [-0.25, -0.2) is 12.8 Å². The van der Waals surface area contributed by atoms with Crippen LogP contribution in [0.1, 0.15) is 0 Å². The van der Waals surface area contributed by atoms with Crippen molar-refractivity contribution in [2.45, 2.75) is 4.90 Å². The zero-order valence-corrected chi connectivity index (χ0v) is 9.86. The molecule has 0 saturated carbocycles. The Hall–Kier alpha value is -2.22. The van der Waals surface area contributed by atoms with Crippen LogP contribution in [0.15, 0.2) is 41.4 Å². The van der Waals surface area contributed by atoms with E-state index < -0.39 is 15.8 Å². The summed E-state index contributed by atoms with van der Waals surface area (Å²) >= 11 is 0. The monoisotopic (exact) mass is 268 g/mol. The third-order valence-corrected chi connectivity index (χ3v) is 3.44. The molecule has 8 heteroatoms. The molecule has 2 rings (SSSR count). The molecule has 0 aliphatic rings. The van der Waals surface area contributed by atoms with Crippen molar-refractivity contribution in [2.75, 3.05) is 10.5 Å². The van der Waals surface area contributed by atoms with Crippen LogP contribution in [-0.2, 0) is 10.0 Å². The summed E-state index contributed by atoms with van der Waals surface area (Å²) in [5.41, 5.74) is 5.08. The van der Waals surface area contributed by atoms with Gasteiger partial charge in [0, 0.05) is 6.20 Å². The van der Waals surface area contributed by atoms with Crippen molar-refractivity contribution in [3.05, 3.63) is 42.3 Å². The number of halogens is 1. The maximum atomic E-state index is 13.0. The van der Waals surface area contributed by atoms with Crippen molar-refractivity contribution < 1.29 is 12.8 Å². The average Bonchev–Trinajstić information content (AvgIpc) is 2.33. The average molecular weight is 268 g/mol. The zero-order chi connectivity index (χ0) is 13.2. The summed E-state index contributed by atoms with van der Waals surface area (Å²) in [5, 5.41) is 7.12. The highest BCUT2D eigenvalue weighted by Crippen LogP contribution is 2.18. The summed E-state index contributed by atoms with van der Waals surface area (Å²) < 4.78 is 39.0. The number of aromatic nitrogens is 2. The Morgan fingerprint density at radius 1 is 1.28 bits per heavy atom. The molecule has 0 aliphatic heterocycles. The molecule has 0 radical (unpaired) electrons. The van der Waals surface area contributed by atoms with Crippen molar-refractivity contribution in [3.63, 3.8) is 0 Å². The van der Waals surface area contributed by atoms with Crippen LogP contribution in [0.4, 0.5) is 15.9 Å². The Labute approximate surface area is 103 Å². The summed E-state index contributed by atoms with van der Waals surface area (Å²) in [6, 6.07) is 6.11. The summed E-state index contributed by atoms with van der Waals surface area (Å²) in [6.45, 7) is 0. The summed E-state index contributed by atoms with van der Waals surface area (Å²) in [4.78, 5) is -0.146. The fourth-order valence-electron chi connectivity index (χ4n) is 1.24.